The maximum Gasteiger partial charge on any atom is 0.270 e. The molecule has 3 rings (SSSR count). The maximum absolute atomic E-state index is 13.0. The maximum atomic E-state index is 13.0. The first-order chi connectivity index (χ1) is 12.6. The standard InChI is InChI=1S/C19H18FN3O3/c1-3-16(25-14-10-8-13(20)9-11-14)17(24)21-19-22-18(26-23-19)15-7-5-4-6-12(15)2/h4-11,16H,3H2,1-2H3,(H,21,23,24). The number of aryl methyl sites for hydroxylation is 1. The highest BCUT2D eigenvalue weighted by Gasteiger charge is 2.21. The third-order valence-corrected chi connectivity index (χ3v) is 3.79. The van der Waals surface area contributed by atoms with Gasteiger partial charge in [-0.2, -0.15) is 4.98 Å². The van der Waals surface area contributed by atoms with Gasteiger partial charge in [0.1, 0.15) is 11.6 Å². The lowest BCUT2D eigenvalue weighted by molar-refractivity contribution is -0.122. The summed E-state index contributed by atoms with van der Waals surface area (Å²) in [4.78, 5) is 16.6. The van der Waals surface area contributed by atoms with Gasteiger partial charge in [0.25, 0.3) is 17.7 Å². The van der Waals surface area contributed by atoms with Crippen LogP contribution in [0.4, 0.5) is 10.3 Å². The van der Waals surface area contributed by atoms with Crippen molar-refractivity contribution in [3.05, 3.63) is 59.9 Å². The molecular formula is C19H18FN3O3. The molecule has 0 radical (unpaired) electrons. The predicted octanol–water partition coefficient (Wildman–Crippen LogP) is 3.98. The van der Waals surface area contributed by atoms with Gasteiger partial charge in [0.05, 0.1) is 0 Å². The average Bonchev–Trinajstić information content (AvgIpc) is 3.09. The van der Waals surface area contributed by atoms with Gasteiger partial charge in [-0.15, -0.1) is 0 Å². The Hall–Kier alpha value is -3.22. The van der Waals surface area contributed by atoms with Crippen LogP contribution in [0.1, 0.15) is 18.9 Å². The van der Waals surface area contributed by atoms with Crippen molar-refractivity contribution in [2.24, 2.45) is 0 Å². The topological polar surface area (TPSA) is 77.2 Å². The fourth-order valence-electron chi connectivity index (χ4n) is 2.39. The number of carbonyl (C=O) groups is 1. The molecule has 0 fully saturated rings. The molecule has 0 saturated heterocycles. The monoisotopic (exact) mass is 355 g/mol. The summed E-state index contributed by atoms with van der Waals surface area (Å²) >= 11 is 0. The zero-order chi connectivity index (χ0) is 18.5. The molecule has 6 nitrogen and oxygen atoms in total. The molecule has 1 atom stereocenters. The van der Waals surface area contributed by atoms with Crippen LogP contribution < -0.4 is 10.1 Å². The Morgan fingerprint density at radius 2 is 1.96 bits per heavy atom. The molecule has 1 unspecified atom stereocenters. The highest BCUT2D eigenvalue weighted by Crippen LogP contribution is 2.22. The first-order valence-electron chi connectivity index (χ1n) is 8.19. The molecule has 2 aromatic carbocycles. The van der Waals surface area contributed by atoms with E-state index in [1.165, 1.54) is 24.3 Å². The van der Waals surface area contributed by atoms with Crippen molar-refractivity contribution in [3.63, 3.8) is 0 Å². The summed E-state index contributed by atoms with van der Waals surface area (Å²) in [5, 5.41) is 6.37. The number of aromatic nitrogens is 2. The average molecular weight is 355 g/mol. The number of hydrogen-bond donors (Lipinski definition) is 1. The lowest BCUT2D eigenvalue weighted by Gasteiger charge is -2.15. The van der Waals surface area contributed by atoms with Crippen molar-refractivity contribution in [2.75, 3.05) is 5.32 Å². The molecule has 0 aliphatic heterocycles. The summed E-state index contributed by atoms with van der Waals surface area (Å²) in [7, 11) is 0. The van der Waals surface area contributed by atoms with Gasteiger partial charge in [-0.3, -0.25) is 10.1 Å². The number of benzene rings is 2. The molecule has 0 aliphatic carbocycles. The molecule has 26 heavy (non-hydrogen) atoms. The number of ether oxygens (including phenoxy) is 1. The number of hydrogen-bond acceptors (Lipinski definition) is 5. The van der Waals surface area contributed by atoms with Crippen LogP contribution in [0, 0.1) is 12.7 Å². The zero-order valence-corrected chi connectivity index (χ0v) is 14.4. The van der Waals surface area contributed by atoms with E-state index < -0.39 is 12.0 Å². The Bertz CT molecular complexity index is 893. The van der Waals surface area contributed by atoms with Gasteiger partial charge < -0.3 is 9.26 Å². The SMILES string of the molecule is CCC(Oc1ccc(F)cc1)C(=O)Nc1noc(-c2ccccc2C)n1. The van der Waals surface area contributed by atoms with Crippen molar-refractivity contribution < 1.29 is 18.4 Å². The Morgan fingerprint density at radius 1 is 1.23 bits per heavy atom. The molecule has 1 amide bonds. The van der Waals surface area contributed by atoms with E-state index in [1.807, 2.05) is 38.1 Å². The van der Waals surface area contributed by atoms with E-state index >= 15 is 0 Å². The molecule has 0 aliphatic rings. The van der Waals surface area contributed by atoms with E-state index in [9.17, 15) is 9.18 Å². The summed E-state index contributed by atoms with van der Waals surface area (Å²) in [6.45, 7) is 3.74. The fourth-order valence-corrected chi connectivity index (χ4v) is 2.39. The quantitative estimate of drug-likeness (QED) is 0.724. The van der Waals surface area contributed by atoms with Crippen LogP contribution in [0.5, 0.6) is 5.75 Å². The Kier molecular flexibility index (Phi) is 5.26. The molecule has 0 saturated carbocycles. The van der Waals surface area contributed by atoms with Crippen LogP contribution >= 0.6 is 0 Å². The third-order valence-electron chi connectivity index (χ3n) is 3.79. The second kappa shape index (κ2) is 7.77. The first-order valence-corrected chi connectivity index (χ1v) is 8.19. The van der Waals surface area contributed by atoms with Gasteiger partial charge in [0.2, 0.25) is 0 Å². The van der Waals surface area contributed by atoms with Crippen molar-refractivity contribution >= 4 is 11.9 Å². The Morgan fingerprint density at radius 3 is 2.65 bits per heavy atom. The minimum atomic E-state index is -0.763. The highest BCUT2D eigenvalue weighted by molar-refractivity contribution is 5.92. The molecule has 1 heterocycles. The number of nitrogens with zero attached hydrogens (tertiary/aromatic N) is 2. The molecule has 0 bridgehead atoms. The molecule has 7 heteroatoms. The van der Waals surface area contributed by atoms with E-state index in [1.54, 1.807) is 0 Å². The van der Waals surface area contributed by atoms with Crippen LogP contribution in [0.15, 0.2) is 53.1 Å². The van der Waals surface area contributed by atoms with Crippen LogP contribution in [0.25, 0.3) is 11.5 Å². The van der Waals surface area contributed by atoms with Gasteiger partial charge in [-0.25, -0.2) is 4.39 Å². The van der Waals surface area contributed by atoms with E-state index in [4.69, 9.17) is 9.26 Å². The van der Waals surface area contributed by atoms with E-state index in [2.05, 4.69) is 15.5 Å². The van der Waals surface area contributed by atoms with Crippen molar-refractivity contribution in [1.29, 1.82) is 0 Å². The lowest BCUT2D eigenvalue weighted by atomic mass is 10.1. The number of amides is 1. The van der Waals surface area contributed by atoms with Crippen LogP contribution in [-0.2, 0) is 4.79 Å². The smallest absolute Gasteiger partial charge is 0.270 e. The number of carbonyl (C=O) groups excluding carboxylic acids is 1. The second-order valence-electron chi connectivity index (χ2n) is 5.70. The summed E-state index contributed by atoms with van der Waals surface area (Å²) in [6.07, 6.45) is -0.341. The zero-order valence-electron chi connectivity index (χ0n) is 14.4. The van der Waals surface area contributed by atoms with Crippen molar-refractivity contribution in [1.82, 2.24) is 10.1 Å². The third kappa shape index (κ3) is 4.05. The lowest BCUT2D eigenvalue weighted by Crippen LogP contribution is -2.32. The van der Waals surface area contributed by atoms with E-state index in [-0.39, 0.29) is 11.8 Å². The normalized spacial score (nSPS) is 11.8. The Balaban J connectivity index is 1.68. The summed E-state index contributed by atoms with van der Waals surface area (Å²) < 4.78 is 23.8. The highest BCUT2D eigenvalue weighted by atomic mass is 19.1. The predicted molar refractivity (Wildman–Crippen MR) is 94.2 cm³/mol. The van der Waals surface area contributed by atoms with Crippen LogP contribution in [0.2, 0.25) is 0 Å². The summed E-state index contributed by atoms with van der Waals surface area (Å²) in [5.41, 5.74) is 1.79. The van der Waals surface area contributed by atoms with Crippen molar-refractivity contribution in [2.45, 2.75) is 26.4 Å². The minimum Gasteiger partial charge on any atom is -0.481 e. The van der Waals surface area contributed by atoms with Gasteiger partial charge in [0, 0.05) is 5.56 Å². The van der Waals surface area contributed by atoms with Crippen LogP contribution in [0.3, 0.4) is 0 Å². The molecule has 0 spiro atoms. The Labute approximate surface area is 150 Å². The number of halogens is 1. The van der Waals surface area contributed by atoms with Gasteiger partial charge in [-0.05, 0) is 54.4 Å². The van der Waals surface area contributed by atoms with E-state index in [0.29, 0.717) is 18.1 Å². The molecular weight excluding hydrogens is 337 g/mol. The molecule has 1 aromatic heterocycles. The molecule has 1 N–H and O–H groups in total. The molecule has 3 aromatic rings. The van der Waals surface area contributed by atoms with Crippen molar-refractivity contribution in [3.8, 4) is 17.2 Å². The molecule has 134 valence electrons. The number of nitrogens with one attached hydrogen (secondary N) is 1. The summed E-state index contributed by atoms with van der Waals surface area (Å²) in [6, 6.07) is 13.1. The summed E-state index contributed by atoms with van der Waals surface area (Å²) in [5.74, 6) is 0.0155. The minimum absolute atomic E-state index is 0.0643. The fraction of sp³-hybridized carbons (Fsp3) is 0.211. The number of rotatable bonds is 6. The second-order valence-corrected chi connectivity index (χ2v) is 5.70. The van der Waals surface area contributed by atoms with Gasteiger partial charge in [-0.1, -0.05) is 25.1 Å². The van der Waals surface area contributed by atoms with Gasteiger partial charge >= 0.3 is 0 Å². The van der Waals surface area contributed by atoms with Gasteiger partial charge in [0.15, 0.2) is 6.10 Å². The van der Waals surface area contributed by atoms with E-state index in [0.717, 1.165) is 11.1 Å². The van der Waals surface area contributed by atoms with Crippen LogP contribution in [-0.4, -0.2) is 22.2 Å². The number of anilines is 1. The largest absolute Gasteiger partial charge is 0.481 e. The first kappa shape index (κ1) is 17.6.